The first kappa shape index (κ1) is 19.1. The quantitative estimate of drug-likeness (QED) is 0.449. The lowest BCUT2D eigenvalue weighted by Gasteiger charge is -2.11. The smallest absolute Gasteiger partial charge is 0.281 e. The van der Waals surface area contributed by atoms with Crippen molar-refractivity contribution in [1.29, 1.82) is 0 Å². The lowest BCUT2D eigenvalue weighted by molar-refractivity contribution is -0.113. The molecule has 1 aliphatic heterocycles. The molecule has 1 aromatic heterocycles. The van der Waals surface area contributed by atoms with Crippen LogP contribution in [0.3, 0.4) is 0 Å². The summed E-state index contributed by atoms with van der Waals surface area (Å²) in [5.41, 5.74) is 2.79. The Labute approximate surface area is 164 Å². The highest BCUT2D eigenvalue weighted by Gasteiger charge is 2.33. The van der Waals surface area contributed by atoms with E-state index in [1.165, 1.54) is 17.7 Å². The molecule has 1 aromatic carbocycles. The van der Waals surface area contributed by atoms with Crippen LogP contribution >= 0.6 is 12.2 Å². The Bertz CT molecular complexity index is 871. The molecule has 27 heavy (non-hydrogen) atoms. The van der Waals surface area contributed by atoms with Crippen LogP contribution in [-0.2, 0) is 11.8 Å². The molecule has 0 saturated carbocycles. The number of nitrogens with zero attached hydrogens (tertiary/aromatic N) is 3. The normalized spacial score (nSPS) is 15.5. The van der Waals surface area contributed by atoms with Gasteiger partial charge < -0.3 is 10.1 Å². The van der Waals surface area contributed by atoms with Crippen LogP contribution in [0.15, 0.2) is 36.2 Å². The maximum absolute atomic E-state index is 12.8. The van der Waals surface area contributed by atoms with Gasteiger partial charge in [-0.15, -0.1) is 0 Å². The van der Waals surface area contributed by atoms with Crippen molar-refractivity contribution in [3.63, 3.8) is 0 Å². The molecule has 1 N–H and O–H groups in total. The molecule has 7 heteroatoms. The van der Waals surface area contributed by atoms with Gasteiger partial charge in [-0.1, -0.05) is 31.9 Å². The molecule has 0 aliphatic carbocycles. The van der Waals surface area contributed by atoms with Gasteiger partial charge >= 0.3 is 0 Å². The van der Waals surface area contributed by atoms with E-state index in [-0.39, 0.29) is 5.91 Å². The van der Waals surface area contributed by atoms with E-state index in [1.54, 1.807) is 17.0 Å². The van der Waals surface area contributed by atoms with Crippen molar-refractivity contribution in [3.05, 3.63) is 47.4 Å². The minimum Gasteiger partial charge on any atom is -0.494 e. The number of ether oxygens (including phenoxy) is 1. The summed E-state index contributed by atoms with van der Waals surface area (Å²) in [4.78, 5) is 14.3. The van der Waals surface area contributed by atoms with Gasteiger partial charge in [0.05, 0.1) is 18.0 Å². The van der Waals surface area contributed by atoms with Crippen molar-refractivity contribution in [2.45, 2.75) is 33.1 Å². The zero-order valence-electron chi connectivity index (χ0n) is 15.9. The molecule has 2 aromatic rings. The summed E-state index contributed by atoms with van der Waals surface area (Å²) in [6, 6.07) is 7.69. The number of anilines is 1. The maximum atomic E-state index is 12.8. The van der Waals surface area contributed by atoms with E-state index < -0.39 is 0 Å². The topological polar surface area (TPSA) is 59.4 Å². The fourth-order valence-electron chi connectivity index (χ4n) is 2.93. The Hall–Kier alpha value is -2.67. The van der Waals surface area contributed by atoms with Crippen LogP contribution < -0.4 is 15.0 Å². The van der Waals surface area contributed by atoms with Crippen molar-refractivity contribution in [1.82, 2.24) is 15.1 Å². The zero-order valence-corrected chi connectivity index (χ0v) is 16.7. The second kappa shape index (κ2) is 8.35. The molecular weight excluding hydrogens is 360 g/mol. The van der Waals surface area contributed by atoms with Crippen LogP contribution in [0.25, 0.3) is 6.08 Å². The van der Waals surface area contributed by atoms with Crippen LogP contribution in [0.4, 0.5) is 5.69 Å². The number of aryl methyl sites for hydroxylation is 2. The third-order valence-corrected chi connectivity index (χ3v) is 4.60. The lowest BCUT2D eigenvalue weighted by Crippen LogP contribution is -2.30. The SMILES string of the molecule is CCCCCOc1ccc(C=C2NC(=S)N(c3cn(C)nc3C)C2=O)cc1. The Morgan fingerprint density at radius 1 is 1.26 bits per heavy atom. The molecule has 0 unspecified atom stereocenters. The molecule has 0 atom stereocenters. The van der Waals surface area contributed by atoms with Gasteiger partial charge in [0.25, 0.3) is 5.91 Å². The zero-order chi connectivity index (χ0) is 19.4. The summed E-state index contributed by atoms with van der Waals surface area (Å²) < 4.78 is 7.39. The van der Waals surface area contributed by atoms with Gasteiger partial charge in [0.2, 0.25) is 0 Å². The number of aromatic nitrogens is 2. The standard InChI is InChI=1S/C20H24N4O2S/c1-4-5-6-11-26-16-9-7-15(8-10-16)12-17-19(25)24(20(27)21-17)18-13-23(3)22-14(18)2/h7-10,12-13H,4-6,11H2,1-3H3,(H,21,27). The van der Waals surface area contributed by atoms with Gasteiger partial charge in [-0.25, -0.2) is 4.90 Å². The number of hydrogen-bond acceptors (Lipinski definition) is 4. The predicted octanol–water partition coefficient (Wildman–Crippen LogP) is 3.56. The third kappa shape index (κ3) is 4.36. The van der Waals surface area contributed by atoms with Gasteiger partial charge in [0.15, 0.2) is 5.11 Å². The third-order valence-electron chi connectivity index (χ3n) is 4.31. The molecule has 0 bridgehead atoms. The summed E-state index contributed by atoms with van der Waals surface area (Å²) >= 11 is 5.35. The highest BCUT2D eigenvalue weighted by molar-refractivity contribution is 7.80. The molecule has 1 saturated heterocycles. The van der Waals surface area contributed by atoms with Gasteiger partial charge in [0, 0.05) is 13.2 Å². The number of amides is 1. The number of nitrogens with one attached hydrogen (secondary N) is 1. The van der Waals surface area contributed by atoms with Gasteiger partial charge in [-0.2, -0.15) is 5.10 Å². The number of benzene rings is 1. The Morgan fingerprint density at radius 2 is 2.00 bits per heavy atom. The second-order valence-electron chi connectivity index (χ2n) is 6.53. The van der Waals surface area contributed by atoms with E-state index in [0.717, 1.165) is 30.0 Å². The number of carbonyl (C=O) groups is 1. The number of rotatable bonds is 7. The van der Waals surface area contributed by atoms with E-state index in [9.17, 15) is 4.79 Å². The Morgan fingerprint density at radius 3 is 2.63 bits per heavy atom. The van der Waals surface area contributed by atoms with Crippen molar-refractivity contribution >= 4 is 35.0 Å². The molecule has 142 valence electrons. The fourth-order valence-corrected chi connectivity index (χ4v) is 3.22. The first-order chi connectivity index (χ1) is 13.0. The summed E-state index contributed by atoms with van der Waals surface area (Å²) in [6.07, 6.45) is 6.98. The van der Waals surface area contributed by atoms with Gasteiger partial charge in [0.1, 0.15) is 11.4 Å². The van der Waals surface area contributed by atoms with E-state index in [1.807, 2.05) is 38.2 Å². The molecule has 2 heterocycles. The molecular formula is C20H24N4O2S. The molecule has 1 fully saturated rings. The highest BCUT2D eigenvalue weighted by atomic mass is 32.1. The Kier molecular flexibility index (Phi) is 5.91. The van der Waals surface area contributed by atoms with Crippen molar-refractivity contribution < 1.29 is 9.53 Å². The van der Waals surface area contributed by atoms with Crippen LogP contribution in [0.5, 0.6) is 5.75 Å². The molecule has 3 rings (SSSR count). The van der Waals surface area contributed by atoms with Crippen LogP contribution in [-0.4, -0.2) is 27.4 Å². The van der Waals surface area contributed by atoms with E-state index in [0.29, 0.717) is 16.5 Å². The number of hydrogen-bond donors (Lipinski definition) is 1. The molecule has 0 radical (unpaired) electrons. The van der Waals surface area contributed by atoms with Crippen molar-refractivity contribution in [3.8, 4) is 5.75 Å². The molecule has 0 spiro atoms. The second-order valence-corrected chi connectivity index (χ2v) is 6.91. The molecule has 1 amide bonds. The minimum absolute atomic E-state index is 0.184. The average molecular weight is 385 g/mol. The van der Waals surface area contributed by atoms with Crippen molar-refractivity contribution in [2.24, 2.45) is 7.05 Å². The largest absolute Gasteiger partial charge is 0.494 e. The van der Waals surface area contributed by atoms with Gasteiger partial charge in [-0.3, -0.25) is 9.48 Å². The predicted molar refractivity (Wildman–Crippen MR) is 111 cm³/mol. The van der Waals surface area contributed by atoms with Crippen molar-refractivity contribution in [2.75, 3.05) is 11.5 Å². The molecule has 6 nitrogen and oxygen atoms in total. The van der Waals surface area contributed by atoms with E-state index in [2.05, 4.69) is 17.3 Å². The maximum Gasteiger partial charge on any atom is 0.281 e. The van der Waals surface area contributed by atoms with E-state index >= 15 is 0 Å². The summed E-state index contributed by atoms with van der Waals surface area (Å²) in [5.74, 6) is 0.651. The Balaban J connectivity index is 1.71. The minimum atomic E-state index is -0.184. The van der Waals surface area contributed by atoms with Crippen LogP contribution in [0, 0.1) is 6.92 Å². The number of thiocarbonyl (C=S) groups is 1. The monoisotopic (exact) mass is 384 g/mol. The first-order valence-electron chi connectivity index (χ1n) is 9.10. The lowest BCUT2D eigenvalue weighted by atomic mass is 10.2. The van der Waals surface area contributed by atoms with E-state index in [4.69, 9.17) is 17.0 Å². The highest BCUT2D eigenvalue weighted by Crippen LogP contribution is 2.25. The molecule has 1 aliphatic rings. The summed E-state index contributed by atoms with van der Waals surface area (Å²) in [7, 11) is 1.82. The number of unbranched alkanes of at least 4 members (excludes halogenated alkanes) is 2. The fraction of sp³-hybridized carbons (Fsp3) is 0.350. The van der Waals surface area contributed by atoms with Crippen LogP contribution in [0.1, 0.15) is 37.4 Å². The average Bonchev–Trinajstić information content (AvgIpc) is 3.10. The summed E-state index contributed by atoms with van der Waals surface area (Å²) in [5, 5.41) is 7.64. The van der Waals surface area contributed by atoms with Crippen LogP contribution in [0.2, 0.25) is 0 Å². The summed E-state index contributed by atoms with van der Waals surface area (Å²) in [6.45, 7) is 4.75. The number of carbonyl (C=O) groups excluding carboxylic acids is 1. The van der Waals surface area contributed by atoms with Gasteiger partial charge in [-0.05, 0) is 49.3 Å². The first-order valence-corrected chi connectivity index (χ1v) is 9.50.